The van der Waals surface area contributed by atoms with E-state index in [1.165, 1.54) is 12.1 Å². The van der Waals surface area contributed by atoms with Crippen LogP contribution in [0.3, 0.4) is 0 Å². The molecule has 1 heterocycles. The fourth-order valence-electron chi connectivity index (χ4n) is 3.30. The molecule has 30 heavy (non-hydrogen) atoms. The molecular formula is C21H26F4N2O3. The molecule has 1 aromatic carbocycles. The highest BCUT2D eigenvalue weighted by Crippen LogP contribution is 2.34. The van der Waals surface area contributed by atoms with Crippen molar-refractivity contribution in [3.05, 3.63) is 47.8 Å². The van der Waals surface area contributed by atoms with Crippen molar-refractivity contribution in [2.45, 2.75) is 70.4 Å². The number of nitrogens with zero attached hydrogens (tertiary/aromatic N) is 1. The molecule has 0 spiro atoms. The van der Waals surface area contributed by atoms with Gasteiger partial charge in [-0.25, -0.2) is 9.18 Å². The molecular weight excluding hydrogens is 404 g/mol. The lowest BCUT2D eigenvalue weighted by Gasteiger charge is -2.40. The second-order valence-electron chi connectivity index (χ2n) is 8.22. The summed E-state index contributed by atoms with van der Waals surface area (Å²) in [6.45, 7) is 7.90. The molecule has 2 rings (SSSR count). The van der Waals surface area contributed by atoms with E-state index in [1.807, 2.05) is 0 Å². The number of nitrogens with one attached hydrogen (secondary N) is 1. The van der Waals surface area contributed by atoms with Crippen molar-refractivity contribution in [1.82, 2.24) is 10.2 Å². The first-order chi connectivity index (χ1) is 13.8. The number of halogens is 4. The highest BCUT2D eigenvalue weighted by atomic mass is 19.4. The summed E-state index contributed by atoms with van der Waals surface area (Å²) in [5.74, 6) is -1.64. The van der Waals surface area contributed by atoms with Crippen molar-refractivity contribution in [2.75, 3.05) is 0 Å². The van der Waals surface area contributed by atoms with Crippen LogP contribution in [0.4, 0.5) is 22.4 Å². The molecule has 1 saturated heterocycles. The lowest BCUT2D eigenvalue weighted by molar-refractivity contribution is -0.199. The van der Waals surface area contributed by atoms with Crippen LogP contribution in [0.2, 0.25) is 0 Å². The van der Waals surface area contributed by atoms with Crippen molar-refractivity contribution < 1.29 is 31.9 Å². The molecule has 1 fully saturated rings. The number of carbonyl (C=O) groups excluding carboxylic acids is 2. The molecule has 0 unspecified atom stereocenters. The fraction of sp³-hybridized carbons (Fsp3) is 0.524. The summed E-state index contributed by atoms with van der Waals surface area (Å²) < 4.78 is 60.1. The van der Waals surface area contributed by atoms with E-state index >= 15 is 0 Å². The van der Waals surface area contributed by atoms with E-state index in [9.17, 15) is 27.2 Å². The largest absolute Gasteiger partial charge is 0.444 e. The van der Waals surface area contributed by atoms with Gasteiger partial charge in [-0.1, -0.05) is 18.2 Å². The van der Waals surface area contributed by atoms with Gasteiger partial charge in [-0.2, -0.15) is 13.2 Å². The summed E-state index contributed by atoms with van der Waals surface area (Å²) in [4.78, 5) is 25.4. The Labute approximate surface area is 173 Å². The summed E-state index contributed by atoms with van der Waals surface area (Å²) in [5, 5.41) is 2.33. The number of benzene rings is 1. The van der Waals surface area contributed by atoms with Crippen LogP contribution in [0.15, 0.2) is 30.9 Å². The molecule has 2 atom stereocenters. The van der Waals surface area contributed by atoms with Crippen molar-refractivity contribution in [1.29, 1.82) is 0 Å². The first kappa shape index (κ1) is 23.7. The van der Waals surface area contributed by atoms with Crippen LogP contribution in [0.5, 0.6) is 0 Å². The quantitative estimate of drug-likeness (QED) is 0.553. The van der Waals surface area contributed by atoms with E-state index < -0.39 is 54.6 Å². The predicted octanol–water partition coefficient (Wildman–Crippen LogP) is 4.50. The Morgan fingerprint density at radius 3 is 2.53 bits per heavy atom. The fourth-order valence-corrected chi connectivity index (χ4v) is 3.30. The second-order valence-corrected chi connectivity index (χ2v) is 8.22. The maximum Gasteiger partial charge on any atom is 0.408 e. The van der Waals surface area contributed by atoms with Crippen molar-refractivity contribution >= 4 is 12.0 Å². The molecule has 0 aromatic heterocycles. The van der Waals surface area contributed by atoms with E-state index in [2.05, 4.69) is 11.9 Å². The molecule has 2 amide bonds. The summed E-state index contributed by atoms with van der Waals surface area (Å²) in [7, 11) is 0. The van der Waals surface area contributed by atoms with Crippen molar-refractivity contribution in [2.24, 2.45) is 0 Å². The van der Waals surface area contributed by atoms with E-state index in [1.54, 1.807) is 26.8 Å². The number of amides is 2. The number of carbonyl (C=O) groups is 2. The maximum atomic E-state index is 14.3. The number of alkyl carbamates (subject to hydrolysis) is 1. The van der Waals surface area contributed by atoms with E-state index in [0.29, 0.717) is 16.9 Å². The van der Waals surface area contributed by atoms with Gasteiger partial charge in [-0.15, -0.1) is 6.58 Å². The minimum atomic E-state index is -4.68. The molecule has 9 heteroatoms. The zero-order chi connectivity index (χ0) is 22.7. The van der Waals surface area contributed by atoms with Gasteiger partial charge in [0.15, 0.2) is 0 Å². The van der Waals surface area contributed by atoms with Crippen LogP contribution in [0, 0.1) is 5.82 Å². The number of rotatable bonds is 5. The van der Waals surface area contributed by atoms with E-state index in [4.69, 9.17) is 4.74 Å². The second kappa shape index (κ2) is 9.06. The monoisotopic (exact) mass is 430 g/mol. The normalized spacial score (nSPS) is 20.1. The molecule has 1 aliphatic rings. The molecule has 1 aliphatic heterocycles. The molecule has 5 nitrogen and oxygen atoms in total. The first-order valence-corrected chi connectivity index (χ1v) is 9.56. The molecule has 0 bridgehead atoms. The van der Waals surface area contributed by atoms with Gasteiger partial charge in [0.2, 0.25) is 5.91 Å². The number of piperidine rings is 1. The summed E-state index contributed by atoms with van der Waals surface area (Å²) in [5.41, 5.74) is -0.197. The Bertz CT molecular complexity index is 802. The zero-order valence-corrected chi connectivity index (χ0v) is 17.2. The standard InChI is InChI=1S/C21H26F4N2O3/c1-5-6-13-7-8-15(22)14(11-13)12-27-17(21(23,24)25)10-9-16(18(27)28)26-19(29)30-20(2,3)4/h5,7-8,11,16-17H,1,6,9-10,12H2,2-4H3,(H,26,29)/t16-,17+/m1/s1. The first-order valence-electron chi connectivity index (χ1n) is 9.56. The van der Waals surface area contributed by atoms with Crippen LogP contribution in [0.25, 0.3) is 0 Å². The van der Waals surface area contributed by atoms with Crippen molar-refractivity contribution in [3.63, 3.8) is 0 Å². The topological polar surface area (TPSA) is 58.6 Å². The minimum absolute atomic E-state index is 0.0325. The number of hydrogen-bond donors (Lipinski definition) is 1. The minimum Gasteiger partial charge on any atom is -0.444 e. The molecule has 166 valence electrons. The average Bonchev–Trinajstić information content (AvgIpc) is 2.58. The van der Waals surface area contributed by atoms with Gasteiger partial charge in [0.1, 0.15) is 23.5 Å². The number of hydrogen-bond acceptors (Lipinski definition) is 3. The third-order valence-corrected chi connectivity index (χ3v) is 4.59. The number of allylic oxidation sites excluding steroid dienone is 1. The maximum absolute atomic E-state index is 14.3. The number of alkyl halides is 3. The van der Waals surface area contributed by atoms with Gasteiger partial charge < -0.3 is 15.0 Å². The van der Waals surface area contributed by atoms with Gasteiger partial charge in [0.25, 0.3) is 0 Å². The Morgan fingerprint density at radius 1 is 1.30 bits per heavy atom. The van der Waals surface area contributed by atoms with Gasteiger partial charge in [0.05, 0.1) is 0 Å². The Morgan fingerprint density at radius 2 is 1.97 bits per heavy atom. The number of ether oxygens (including phenoxy) is 1. The van der Waals surface area contributed by atoms with E-state index in [0.717, 1.165) is 6.07 Å². The molecule has 1 N–H and O–H groups in total. The average molecular weight is 430 g/mol. The molecule has 1 aromatic rings. The van der Waals surface area contributed by atoms with Crippen LogP contribution < -0.4 is 5.32 Å². The lowest BCUT2D eigenvalue weighted by atomic mass is 9.95. The summed E-state index contributed by atoms with van der Waals surface area (Å²) in [6, 6.07) is 0.832. The van der Waals surface area contributed by atoms with Gasteiger partial charge in [-0.3, -0.25) is 4.79 Å². The van der Waals surface area contributed by atoms with Crippen LogP contribution in [-0.2, 0) is 22.5 Å². The Balaban J connectivity index is 2.27. The van der Waals surface area contributed by atoms with Gasteiger partial charge in [0, 0.05) is 12.1 Å². The third-order valence-electron chi connectivity index (χ3n) is 4.59. The zero-order valence-electron chi connectivity index (χ0n) is 17.2. The predicted molar refractivity (Wildman–Crippen MR) is 103 cm³/mol. The molecule has 0 saturated carbocycles. The van der Waals surface area contributed by atoms with Gasteiger partial charge >= 0.3 is 12.3 Å². The Kier molecular flexibility index (Phi) is 7.15. The van der Waals surface area contributed by atoms with Crippen molar-refractivity contribution in [3.8, 4) is 0 Å². The summed E-state index contributed by atoms with van der Waals surface area (Å²) in [6.07, 6.45) is -4.19. The smallest absolute Gasteiger partial charge is 0.408 e. The van der Waals surface area contributed by atoms with Crippen LogP contribution in [-0.4, -0.2) is 40.8 Å². The summed E-state index contributed by atoms with van der Waals surface area (Å²) >= 11 is 0. The highest BCUT2D eigenvalue weighted by Gasteiger charge is 2.50. The highest BCUT2D eigenvalue weighted by molar-refractivity contribution is 5.86. The third kappa shape index (κ3) is 6.21. The van der Waals surface area contributed by atoms with Crippen LogP contribution >= 0.6 is 0 Å². The molecule has 0 radical (unpaired) electrons. The Hall–Kier alpha value is -2.58. The van der Waals surface area contributed by atoms with Gasteiger partial charge in [-0.05, 0) is 51.7 Å². The molecule has 0 aliphatic carbocycles. The van der Waals surface area contributed by atoms with Crippen LogP contribution in [0.1, 0.15) is 44.7 Å². The number of likely N-dealkylation sites (tertiary alicyclic amines) is 1. The lowest BCUT2D eigenvalue weighted by Crippen LogP contribution is -2.59. The van der Waals surface area contributed by atoms with E-state index in [-0.39, 0.29) is 12.0 Å². The SMILES string of the molecule is C=CCc1ccc(F)c(CN2C(=O)[C@H](NC(=O)OC(C)(C)C)CC[C@H]2C(F)(F)F)c1.